The van der Waals surface area contributed by atoms with Gasteiger partial charge in [-0.1, -0.05) is 0 Å². The summed E-state index contributed by atoms with van der Waals surface area (Å²) in [4.78, 5) is 31.8. The molecule has 0 radical (unpaired) electrons. The molecule has 1 fully saturated rings. The SMILES string of the molecule is CCOC(=O)N1CCN(c2ccnc3c2ccc(=O)n3C)CC1. The lowest BCUT2D eigenvalue weighted by Gasteiger charge is -2.35. The number of rotatable bonds is 2. The highest BCUT2D eigenvalue weighted by Gasteiger charge is 2.23. The van der Waals surface area contributed by atoms with Crippen molar-refractivity contribution in [3.8, 4) is 0 Å². The van der Waals surface area contributed by atoms with Crippen molar-refractivity contribution < 1.29 is 9.53 Å². The van der Waals surface area contributed by atoms with Crippen molar-refractivity contribution in [3.63, 3.8) is 0 Å². The summed E-state index contributed by atoms with van der Waals surface area (Å²) >= 11 is 0. The molecule has 0 aromatic carbocycles. The summed E-state index contributed by atoms with van der Waals surface area (Å²) in [6.07, 6.45) is 1.46. The maximum atomic E-state index is 11.8. The van der Waals surface area contributed by atoms with E-state index in [1.807, 2.05) is 19.1 Å². The number of anilines is 1. The van der Waals surface area contributed by atoms with Crippen LogP contribution in [0.15, 0.2) is 29.2 Å². The van der Waals surface area contributed by atoms with Gasteiger partial charge in [0.1, 0.15) is 5.65 Å². The molecule has 0 spiro atoms. The third kappa shape index (κ3) is 2.86. The average molecular weight is 316 g/mol. The van der Waals surface area contributed by atoms with E-state index in [1.54, 1.807) is 28.8 Å². The summed E-state index contributed by atoms with van der Waals surface area (Å²) in [5.41, 5.74) is 1.63. The summed E-state index contributed by atoms with van der Waals surface area (Å²) in [6, 6.07) is 5.33. The minimum atomic E-state index is -0.255. The van der Waals surface area contributed by atoms with Crippen molar-refractivity contribution in [2.45, 2.75) is 6.92 Å². The molecule has 1 aliphatic heterocycles. The predicted molar refractivity (Wildman–Crippen MR) is 87.8 cm³/mol. The lowest BCUT2D eigenvalue weighted by molar-refractivity contribution is 0.105. The van der Waals surface area contributed by atoms with Crippen LogP contribution >= 0.6 is 0 Å². The second-order valence-corrected chi connectivity index (χ2v) is 5.47. The number of piperazine rings is 1. The molecule has 0 aliphatic carbocycles. The Morgan fingerprint density at radius 2 is 1.96 bits per heavy atom. The highest BCUT2D eigenvalue weighted by Crippen LogP contribution is 2.25. The van der Waals surface area contributed by atoms with Crippen LogP contribution in [-0.4, -0.2) is 53.3 Å². The Morgan fingerprint density at radius 1 is 1.22 bits per heavy atom. The van der Waals surface area contributed by atoms with Crippen LogP contribution in [0.3, 0.4) is 0 Å². The second-order valence-electron chi connectivity index (χ2n) is 5.47. The van der Waals surface area contributed by atoms with Crippen molar-refractivity contribution in [2.24, 2.45) is 7.05 Å². The second kappa shape index (κ2) is 6.28. The number of hydrogen-bond donors (Lipinski definition) is 0. The topological polar surface area (TPSA) is 67.7 Å². The molecule has 2 aromatic rings. The fourth-order valence-electron chi connectivity index (χ4n) is 2.87. The Bertz CT molecular complexity index is 778. The molecule has 1 saturated heterocycles. The fraction of sp³-hybridized carbons (Fsp3) is 0.438. The number of aryl methyl sites for hydroxylation is 1. The summed E-state index contributed by atoms with van der Waals surface area (Å²) in [5, 5.41) is 0.944. The van der Waals surface area contributed by atoms with Gasteiger partial charge in [0, 0.05) is 56.6 Å². The van der Waals surface area contributed by atoms with Gasteiger partial charge in [-0.2, -0.15) is 0 Å². The smallest absolute Gasteiger partial charge is 0.409 e. The van der Waals surface area contributed by atoms with Crippen LogP contribution in [0.2, 0.25) is 0 Å². The maximum Gasteiger partial charge on any atom is 0.409 e. The van der Waals surface area contributed by atoms with Crippen LogP contribution in [0.25, 0.3) is 11.0 Å². The van der Waals surface area contributed by atoms with Crippen molar-refractivity contribution >= 4 is 22.8 Å². The molecular formula is C16H20N4O3. The molecule has 0 unspecified atom stereocenters. The Kier molecular flexibility index (Phi) is 4.18. The van der Waals surface area contributed by atoms with Crippen LogP contribution in [0.1, 0.15) is 6.92 Å². The quantitative estimate of drug-likeness (QED) is 0.833. The zero-order valence-corrected chi connectivity index (χ0v) is 13.4. The Hall–Kier alpha value is -2.57. The number of pyridine rings is 2. The van der Waals surface area contributed by atoms with Crippen LogP contribution in [0, 0.1) is 0 Å². The third-order valence-electron chi connectivity index (χ3n) is 4.13. The molecule has 1 amide bonds. The molecule has 0 N–H and O–H groups in total. The van der Waals surface area contributed by atoms with Crippen molar-refractivity contribution in [3.05, 3.63) is 34.7 Å². The molecule has 2 aromatic heterocycles. The number of carbonyl (C=O) groups excluding carboxylic acids is 1. The van der Waals surface area contributed by atoms with Crippen molar-refractivity contribution in [1.82, 2.24) is 14.5 Å². The highest BCUT2D eigenvalue weighted by atomic mass is 16.6. The van der Waals surface area contributed by atoms with Crippen LogP contribution in [-0.2, 0) is 11.8 Å². The Balaban J connectivity index is 1.84. The molecule has 1 aliphatic rings. The van der Waals surface area contributed by atoms with E-state index in [1.165, 1.54) is 0 Å². The summed E-state index contributed by atoms with van der Waals surface area (Å²) in [6.45, 7) is 4.88. The predicted octanol–water partition coefficient (Wildman–Crippen LogP) is 1.21. The highest BCUT2D eigenvalue weighted by molar-refractivity contribution is 5.89. The van der Waals surface area contributed by atoms with Gasteiger partial charge in [-0.15, -0.1) is 0 Å². The standard InChI is InChI=1S/C16H20N4O3/c1-3-23-16(22)20-10-8-19(9-11-20)13-6-7-17-15-12(13)4-5-14(21)18(15)2/h4-7H,3,8-11H2,1-2H3. The minimum Gasteiger partial charge on any atom is -0.450 e. The van der Waals surface area contributed by atoms with Gasteiger partial charge in [-0.05, 0) is 19.1 Å². The molecule has 7 nitrogen and oxygen atoms in total. The van der Waals surface area contributed by atoms with Crippen molar-refractivity contribution in [1.29, 1.82) is 0 Å². The van der Waals surface area contributed by atoms with Crippen LogP contribution in [0.4, 0.5) is 10.5 Å². The number of carbonyl (C=O) groups is 1. The van der Waals surface area contributed by atoms with E-state index in [-0.39, 0.29) is 11.7 Å². The monoisotopic (exact) mass is 316 g/mol. The van der Waals surface area contributed by atoms with Crippen molar-refractivity contribution in [2.75, 3.05) is 37.7 Å². The van der Waals surface area contributed by atoms with Gasteiger partial charge in [0.25, 0.3) is 5.56 Å². The summed E-state index contributed by atoms with van der Waals surface area (Å²) in [7, 11) is 1.72. The van der Waals surface area contributed by atoms with Gasteiger partial charge in [0.2, 0.25) is 0 Å². The van der Waals surface area contributed by atoms with Crippen LogP contribution < -0.4 is 10.5 Å². The van der Waals surface area contributed by atoms with E-state index in [4.69, 9.17) is 4.74 Å². The van der Waals surface area contributed by atoms with Gasteiger partial charge >= 0.3 is 6.09 Å². The molecule has 23 heavy (non-hydrogen) atoms. The summed E-state index contributed by atoms with van der Waals surface area (Å²) < 4.78 is 6.59. The zero-order valence-electron chi connectivity index (χ0n) is 13.4. The lowest BCUT2D eigenvalue weighted by atomic mass is 10.2. The van der Waals surface area contributed by atoms with Gasteiger partial charge < -0.3 is 14.5 Å². The van der Waals surface area contributed by atoms with E-state index in [0.717, 1.165) is 24.2 Å². The first-order chi connectivity index (χ1) is 11.1. The van der Waals surface area contributed by atoms with Gasteiger partial charge in [0.15, 0.2) is 0 Å². The maximum absolute atomic E-state index is 11.8. The Morgan fingerprint density at radius 3 is 2.65 bits per heavy atom. The number of nitrogens with zero attached hydrogens (tertiary/aromatic N) is 4. The Labute approximate surface area is 134 Å². The number of fused-ring (bicyclic) bond motifs is 1. The van der Waals surface area contributed by atoms with E-state index < -0.39 is 0 Å². The molecule has 3 rings (SSSR count). The first-order valence-electron chi connectivity index (χ1n) is 7.73. The van der Waals surface area contributed by atoms with E-state index in [2.05, 4.69) is 9.88 Å². The average Bonchev–Trinajstić information content (AvgIpc) is 2.58. The molecule has 0 bridgehead atoms. The third-order valence-corrected chi connectivity index (χ3v) is 4.13. The zero-order chi connectivity index (χ0) is 16.4. The number of amides is 1. The number of hydrogen-bond acceptors (Lipinski definition) is 5. The normalized spacial score (nSPS) is 15.0. The van der Waals surface area contributed by atoms with Gasteiger partial charge in [-0.3, -0.25) is 9.36 Å². The molecule has 0 atom stereocenters. The van der Waals surface area contributed by atoms with Crippen LogP contribution in [0.5, 0.6) is 0 Å². The fourth-order valence-corrected chi connectivity index (χ4v) is 2.87. The van der Waals surface area contributed by atoms with Gasteiger partial charge in [-0.25, -0.2) is 9.78 Å². The molecular weight excluding hydrogens is 296 g/mol. The van der Waals surface area contributed by atoms with E-state index >= 15 is 0 Å². The first-order valence-corrected chi connectivity index (χ1v) is 7.73. The minimum absolute atomic E-state index is 0.0747. The lowest BCUT2D eigenvalue weighted by Crippen LogP contribution is -2.49. The largest absolute Gasteiger partial charge is 0.450 e. The molecule has 0 saturated carbocycles. The molecule has 3 heterocycles. The molecule has 7 heteroatoms. The number of aromatic nitrogens is 2. The molecule has 122 valence electrons. The summed E-state index contributed by atoms with van der Waals surface area (Å²) in [5.74, 6) is 0. The number of ether oxygens (including phenoxy) is 1. The van der Waals surface area contributed by atoms with E-state index in [9.17, 15) is 9.59 Å². The first kappa shape index (κ1) is 15.3. The van der Waals surface area contributed by atoms with Gasteiger partial charge in [0.05, 0.1) is 6.61 Å². The van der Waals surface area contributed by atoms with E-state index in [0.29, 0.717) is 25.3 Å².